The summed E-state index contributed by atoms with van der Waals surface area (Å²) in [4.78, 5) is 6.62. The number of ether oxygens (including phenoxy) is 2. The van der Waals surface area contributed by atoms with Crippen molar-refractivity contribution < 1.29 is 13.9 Å². The molecule has 2 rings (SSSR count). The third-order valence-electron chi connectivity index (χ3n) is 4.39. The molecule has 0 bridgehead atoms. The van der Waals surface area contributed by atoms with Crippen LogP contribution in [0.25, 0.3) is 0 Å². The number of aliphatic imine (C=N–C) groups is 1. The van der Waals surface area contributed by atoms with E-state index in [-0.39, 0.29) is 35.5 Å². The quantitative estimate of drug-likeness (QED) is 0.207. The molecule has 0 amide bonds. The van der Waals surface area contributed by atoms with Crippen molar-refractivity contribution in [3.63, 3.8) is 0 Å². The van der Waals surface area contributed by atoms with Gasteiger partial charge in [0, 0.05) is 33.9 Å². The number of guanidine groups is 1. The summed E-state index contributed by atoms with van der Waals surface area (Å²) in [6.45, 7) is 7.30. The lowest BCUT2D eigenvalue weighted by Crippen LogP contribution is -2.41. The number of halogens is 2. The fourth-order valence-corrected chi connectivity index (χ4v) is 2.52. The van der Waals surface area contributed by atoms with Gasteiger partial charge in [-0.15, -0.1) is 34.2 Å². The van der Waals surface area contributed by atoms with Gasteiger partial charge in [-0.05, 0) is 32.4 Å². The molecule has 2 aromatic rings. The van der Waals surface area contributed by atoms with Crippen molar-refractivity contribution in [1.82, 2.24) is 25.0 Å². The Morgan fingerprint density at radius 3 is 2.70 bits per heavy atom. The van der Waals surface area contributed by atoms with Crippen LogP contribution in [0, 0.1) is 12.7 Å². The number of aryl methyl sites for hydroxylation is 1. The van der Waals surface area contributed by atoms with Crippen LogP contribution in [0.3, 0.4) is 0 Å². The summed E-state index contributed by atoms with van der Waals surface area (Å²) in [6.07, 6.45) is 0.871. The Morgan fingerprint density at radius 1 is 1.27 bits per heavy atom. The predicted octanol–water partition coefficient (Wildman–Crippen LogP) is 2.76. The number of aromatic nitrogens is 3. The van der Waals surface area contributed by atoms with E-state index in [9.17, 15) is 4.39 Å². The molecule has 0 fully saturated rings. The van der Waals surface area contributed by atoms with Crippen LogP contribution in [0.1, 0.15) is 25.0 Å². The largest absolute Gasteiger partial charge is 0.489 e. The molecule has 0 atom stereocenters. The van der Waals surface area contributed by atoms with Gasteiger partial charge in [0.15, 0.2) is 23.4 Å². The van der Waals surface area contributed by atoms with Crippen molar-refractivity contribution in [2.45, 2.75) is 26.8 Å². The lowest BCUT2D eigenvalue weighted by Gasteiger charge is -2.22. The summed E-state index contributed by atoms with van der Waals surface area (Å²) in [6, 6.07) is 6.39. The molecule has 1 aromatic carbocycles. The van der Waals surface area contributed by atoms with E-state index in [1.54, 1.807) is 18.2 Å². The smallest absolute Gasteiger partial charge is 0.194 e. The first-order valence-electron chi connectivity index (χ1n) is 9.82. The maximum absolute atomic E-state index is 13.7. The van der Waals surface area contributed by atoms with Crippen LogP contribution >= 0.6 is 24.0 Å². The SMILES string of the molecule is CCOCCCNC(=NCc1nnc(C)n1C)N(C)CCOc1ccccc1F.I. The number of nitrogens with zero attached hydrogens (tertiary/aromatic N) is 5. The Hall–Kier alpha value is -1.95. The van der Waals surface area contributed by atoms with Gasteiger partial charge in [0.05, 0.1) is 6.54 Å². The summed E-state index contributed by atoms with van der Waals surface area (Å²) >= 11 is 0. The second-order valence-corrected chi connectivity index (χ2v) is 6.54. The van der Waals surface area contributed by atoms with Crippen molar-refractivity contribution in [2.24, 2.45) is 12.0 Å². The normalized spacial score (nSPS) is 11.2. The van der Waals surface area contributed by atoms with E-state index >= 15 is 0 Å². The Balaban J connectivity index is 0.00000450. The average molecular weight is 534 g/mol. The molecule has 0 spiro atoms. The number of hydrogen-bond donors (Lipinski definition) is 1. The minimum atomic E-state index is -0.365. The van der Waals surface area contributed by atoms with Crippen LogP contribution in [0.2, 0.25) is 0 Å². The number of nitrogens with one attached hydrogen (secondary N) is 1. The molecule has 0 aliphatic heterocycles. The second kappa shape index (κ2) is 14.1. The van der Waals surface area contributed by atoms with Gasteiger partial charge in [-0.25, -0.2) is 9.38 Å². The van der Waals surface area contributed by atoms with E-state index in [4.69, 9.17) is 9.47 Å². The Bertz CT molecular complexity index is 786. The molecule has 1 aromatic heterocycles. The number of hydrogen-bond acceptors (Lipinski definition) is 5. The number of para-hydroxylation sites is 1. The summed E-state index contributed by atoms with van der Waals surface area (Å²) in [5, 5.41) is 11.6. The monoisotopic (exact) mass is 534 g/mol. The van der Waals surface area contributed by atoms with Crippen LogP contribution < -0.4 is 10.1 Å². The zero-order valence-corrected chi connectivity index (χ0v) is 20.4. The molecule has 0 unspecified atom stereocenters. The van der Waals surface area contributed by atoms with E-state index < -0.39 is 0 Å². The van der Waals surface area contributed by atoms with Crippen molar-refractivity contribution in [1.29, 1.82) is 0 Å². The van der Waals surface area contributed by atoms with Gasteiger partial charge in [-0.2, -0.15) is 0 Å². The summed E-state index contributed by atoms with van der Waals surface area (Å²) < 4.78 is 26.5. The maximum Gasteiger partial charge on any atom is 0.194 e. The zero-order valence-electron chi connectivity index (χ0n) is 18.1. The van der Waals surface area contributed by atoms with E-state index in [1.807, 2.05) is 37.4 Å². The highest BCUT2D eigenvalue weighted by Gasteiger charge is 2.10. The van der Waals surface area contributed by atoms with Gasteiger partial charge in [-0.3, -0.25) is 0 Å². The molecule has 1 heterocycles. The second-order valence-electron chi connectivity index (χ2n) is 6.54. The van der Waals surface area contributed by atoms with Gasteiger partial charge in [0.1, 0.15) is 19.0 Å². The van der Waals surface area contributed by atoms with Gasteiger partial charge >= 0.3 is 0 Å². The average Bonchev–Trinajstić information content (AvgIpc) is 3.03. The van der Waals surface area contributed by atoms with E-state index in [2.05, 4.69) is 20.5 Å². The lowest BCUT2D eigenvalue weighted by molar-refractivity contribution is 0.145. The number of likely N-dealkylation sites (N-methyl/N-ethyl adjacent to an activating group) is 1. The van der Waals surface area contributed by atoms with Crippen LogP contribution in [-0.4, -0.2) is 65.6 Å². The highest BCUT2D eigenvalue weighted by Crippen LogP contribution is 2.15. The van der Waals surface area contributed by atoms with Gasteiger partial charge in [0.2, 0.25) is 0 Å². The molecule has 10 heteroatoms. The Labute approximate surface area is 194 Å². The fraction of sp³-hybridized carbons (Fsp3) is 0.550. The molecule has 1 N–H and O–H groups in total. The Kier molecular flexibility index (Phi) is 12.3. The number of rotatable bonds is 11. The predicted molar refractivity (Wildman–Crippen MR) is 126 cm³/mol. The number of benzene rings is 1. The fourth-order valence-electron chi connectivity index (χ4n) is 2.52. The molecule has 0 saturated heterocycles. The third kappa shape index (κ3) is 8.42. The van der Waals surface area contributed by atoms with E-state index in [0.717, 1.165) is 30.6 Å². The topological polar surface area (TPSA) is 76.8 Å². The van der Waals surface area contributed by atoms with E-state index in [0.29, 0.717) is 32.9 Å². The lowest BCUT2D eigenvalue weighted by atomic mass is 10.3. The van der Waals surface area contributed by atoms with Crippen LogP contribution in [0.15, 0.2) is 29.3 Å². The molecule has 8 nitrogen and oxygen atoms in total. The standard InChI is InChI=1S/C20H31FN6O2.HI/c1-5-28-13-8-11-22-20(23-15-19-25-24-16(2)27(19)4)26(3)12-14-29-18-10-7-6-9-17(18)21;/h6-7,9-10H,5,8,11-15H2,1-4H3,(H,22,23);1H. The van der Waals surface area contributed by atoms with Gasteiger partial charge in [0.25, 0.3) is 0 Å². The van der Waals surface area contributed by atoms with Crippen molar-refractivity contribution in [3.8, 4) is 5.75 Å². The molecular formula is C20H32FIN6O2. The van der Waals surface area contributed by atoms with Crippen molar-refractivity contribution >= 4 is 29.9 Å². The molecule has 0 aliphatic carbocycles. The summed E-state index contributed by atoms with van der Waals surface area (Å²) in [5.74, 6) is 2.23. The zero-order chi connectivity index (χ0) is 21.1. The minimum absolute atomic E-state index is 0. The minimum Gasteiger partial charge on any atom is -0.489 e. The van der Waals surface area contributed by atoms with Crippen molar-refractivity contribution in [3.05, 3.63) is 41.7 Å². The molecular weight excluding hydrogens is 502 g/mol. The first-order valence-corrected chi connectivity index (χ1v) is 9.82. The molecule has 0 saturated carbocycles. The summed E-state index contributed by atoms with van der Waals surface area (Å²) in [7, 11) is 3.84. The van der Waals surface area contributed by atoms with Crippen molar-refractivity contribution in [2.75, 3.05) is 40.0 Å². The Morgan fingerprint density at radius 2 is 2.03 bits per heavy atom. The van der Waals surface area contributed by atoms with Crippen LogP contribution in [-0.2, 0) is 18.3 Å². The molecule has 168 valence electrons. The summed E-state index contributed by atoms with van der Waals surface area (Å²) in [5.41, 5.74) is 0. The third-order valence-corrected chi connectivity index (χ3v) is 4.39. The molecule has 0 aliphatic rings. The van der Waals surface area contributed by atoms with Crippen LogP contribution in [0.4, 0.5) is 4.39 Å². The first-order chi connectivity index (χ1) is 14.0. The molecule has 0 radical (unpaired) electrons. The molecule has 30 heavy (non-hydrogen) atoms. The van der Waals surface area contributed by atoms with Gasteiger partial charge in [-0.1, -0.05) is 12.1 Å². The van der Waals surface area contributed by atoms with E-state index in [1.165, 1.54) is 6.07 Å². The first kappa shape index (κ1) is 26.1. The highest BCUT2D eigenvalue weighted by atomic mass is 127. The maximum atomic E-state index is 13.7. The highest BCUT2D eigenvalue weighted by molar-refractivity contribution is 14.0. The van der Waals surface area contributed by atoms with Crippen LogP contribution in [0.5, 0.6) is 5.75 Å². The van der Waals surface area contributed by atoms with Gasteiger partial charge < -0.3 is 24.3 Å².